The molecule has 0 N–H and O–H groups in total. The Morgan fingerprint density at radius 1 is 1.16 bits per heavy atom. The van der Waals surface area contributed by atoms with Gasteiger partial charge in [-0.05, 0) is 42.3 Å². The van der Waals surface area contributed by atoms with Gasteiger partial charge in [0.25, 0.3) is 0 Å². The Morgan fingerprint density at radius 3 is 2.64 bits per heavy atom. The molecule has 2 amide bonds. The van der Waals surface area contributed by atoms with E-state index in [1.54, 1.807) is 0 Å². The van der Waals surface area contributed by atoms with Gasteiger partial charge in [-0.15, -0.1) is 0 Å². The van der Waals surface area contributed by atoms with E-state index in [2.05, 4.69) is 15.9 Å². The first kappa shape index (κ1) is 17.9. The molecule has 1 saturated heterocycles. The molecule has 0 unspecified atom stereocenters. The van der Waals surface area contributed by atoms with Gasteiger partial charge in [0.15, 0.2) is 0 Å². The average Bonchev–Trinajstić information content (AvgIpc) is 2.57. The van der Waals surface area contributed by atoms with Crippen LogP contribution < -0.4 is 4.90 Å². The number of hydrogen-bond donors (Lipinski definition) is 0. The van der Waals surface area contributed by atoms with Crippen molar-refractivity contribution in [1.29, 1.82) is 0 Å². The topological polar surface area (TPSA) is 40.6 Å². The lowest BCUT2D eigenvalue weighted by molar-refractivity contribution is -0.146. The van der Waals surface area contributed by atoms with E-state index in [1.165, 1.54) is 28.0 Å². The molecule has 3 rings (SSSR count). The van der Waals surface area contributed by atoms with E-state index >= 15 is 0 Å². The summed E-state index contributed by atoms with van der Waals surface area (Å²) in [5.41, 5.74) is 2.22. The van der Waals surface area contributed by atoms with Gasteiger partial charge >= 0.3 is 11.8 Å². The number of nitrogens with zero attached hydrogens (tertiary/aromatic N) is 2. The second kappa shape index (κ2) is 7.14. The summed E-state index contributed by atoms with van der Waals surface area (Å²) in [6.07, 6.45) is 0. The maximum Gasteiger partial charge on any atom is 0.316 e. The lowest BCUT2D eigenvalue weighted by atomic mass is 10.1. The SMILES string of the molecule is Cc1c(Br)cccc1N1CCN(Cc2ccc(F)cc2Cl)C(=O)C1=O. The van der Waals surface area contributed by atoms with Crippen LogP contribution in [0.1, 0.15) is 11.1 Å². The zero-order valence-corrected chi connectivity index (χ0v) is 15.8. The molecule has 0 saturated carbocycles. The van der Waals surface area contributed by atoms with E-state index in [1.807, 2.05) is 25.1 Å². The zero-order valence-electron chi connectivity index (χ0n) is 13.4. The van der Waals surface area contributed by atoms with Crippen molar-refractivity contribution in [2.24, 2.45) is 0 Å². The Labute approximate surface area is 158 Å². The molecule has 0 atom stereocenters. The van der Waals surface area contributed by atoms with Crippen LogP contribution in [-0.4, -0.2) is 29.8 Å². The van der Waals surface area contributed by atoms with Gasteiger partial charge in [-0.25, -0.2) is 4.39 Å². The average molecular weight is 426 g/mol. The predicted molar refractivity (Wildman–Crippen MR) is 98.1 cm³/mol. The van der Waals surface area contributed by atoms with Crippen molar-refractivity contribution in [3.8, 4) is 0 Å². The summed E-state index contributed by atoms with van der Waals surface area (Å²) >= 11 is 9.46. The zero-order chi connectivity index (χ0) is 18.1. The summed E-state index contributed by atoms with van der Waals surface area (Å²) in [6.45, 7) is 2.84. The molecule has 0 bridgehead atoms. The summed E-state index contributed by atoms with van der Waals surface area (Å²) in [5, 5.41) is 0.241. The van der Waals surface area contributed by atoms with Gasteiger partial charge in [-0.1, -0.05) is 39.7 Å². The molecule has 25 heavy (non-hydrogen) atoms. The van der Waals surface area contributed by atoms with E-state index in [0.29, 0.717) is 24.3 Å². The van der Waals surface area contributed by atoms with Crippen LogP contribution in [0.25, 0.3) is 0 Å². The first-order valence-electron chi connectivity index (χ1n) is 7.68. The second-order valence-corrected chi connectivity index (χ2v) is 7.06. The standard InChI is InChI=1S/C18H15BrClFN2O2/c1-11-14(19)3-2-4-16(11)23-8-7-22(17(24)18(23)25)10-12-5-6-13(21)9-15(12)20/h2-6,9H,7-8,10H2,1H3. The van der Waals surface area contributed by atoms with E-state index in [-0.39, 0.29) is 11.6 Å². The van der Waals surface area contributed by atoms with Gasteiger partial charge in [0.2, 0.25) is 0 Å². The minimum absolute atomic E-state index is 0.176. The highest BCUT2D eigenvalue weighted by Gasteiger charge is 2.34. The molecular formula is C18H15BrClFN2O2. The second-order valence-electron chi connectivity index (χ2n) is 5.80. The van der Waals surface area contributed by atoms with Crippen LogP contribution in [0.15, 0.2) is 40.9 Å². The summed E-state index contributed by atoms with van der Waals surface area (Å²) in [6, 6.07) is 9.55. The third kappa shape index (κ3) is 3.55. The van der Waals surface area contributed by atoms with Crippen LogP contribution in [0, 0.1) is 12.7 Å². The van der Waals surface area contributed by atoms with E-state index in [0.717, 1.165) is 10.0 Å². The van der Waals surface area contributed by atoms with Crippen molar-refractivity contribution in [2.45, 2.75) is 13.5 Å². The van der Waals surface area contributed by atoms with E-state index < -0.39 is 17.6 Å². The minimum atomic E-state index is -0.592. The van der Waals surface area contributed by atoms with Crippen molar-refractivity contribution >= 4 is 45.0 Å². The van der Waals surface area contributed by atoms with Crippen LogP contribution in [0.2, 0.25) is 5.02 Å². The van der Waals surface area contributed by atoms with Crippen molar-refractivity contribution in [3.63, 3.8) is 0 Å². The van der Waals surface area contributed by atoms with E-state index in [4.69, 9.17) is 11.6 Å². The molecule has 1 fully saturated rings. The third-order valence-electron chi connectivity index (χ3n) is 4.22. The summed E-state index contributed by atoms with van der Waals surface area (Å²) in [4.78, 5) is 28.0. The first-order chi connectivity index (χ1) is 11.9. The Hall–Kier alpha value is -1.92. The normalized spacial score (nSPS) is 15.0. The molecule has 0 radical (unpaired) electrons. The number of carbonyl (C=O) groups is 2. The Balaban J connectivity index is 1.80. The fourth-order valence-electron chi connectivity index (χ4n) is 2.80. The van der Waals surface area contributed by atoms with Gasteiger partial charge < -0.3 is 9.80 Å². The molecule has 0 aromatic heterocycles. The molecule has 130 valence electrons. The van der Waals surface area contributed by atoms with Gasteiger partial charge in [-0.3, -0.25) is 9.59 Å². The molecule has 7 heteroatoms. The highest BCUT2D eigenvalue weighted by Crippen LogP contribution is 2.29. The molecule has 1 heterocycles. The monoisotopic (exact) mass is 424 g/mol. The Kier molecular flexibility index (Phi) is 5.11. The smallest absolute Gasteiger partial charge is 0.316 e. The number of anilines is 1. The van der Waals surface area contributed by atoms with Crippen molar-refractivity contribution < 1.29 is 14.0 Å². The summed E-state index contributed by atoms with van der Waals surface area (Å²) in [5.74, 6) is -1.61. The molecule has 2 aromatic carbocycles. The highest BCUT2D eigenvalue weighted by molar-refractivity contribution is 9.10. The number of piperazine rings is 1. The largest absolute Gasteiger partial charge is 0.328 e. The molecule has 1 aliphatic rings. The quantitative estimate of drug-likeness (QED) is 0.699. The summed E-state index contributed by atoms with van der Waals surface area (Å²) in [7, 11) is 0. The van der Waals surface area contributed by atoms with Crippen LogP contribution in [0.5, 0.6) is 0 Å². The molecule has 4 nitrogen and oxygen atoms in total. The Bertz CT molecular complexity index is 859. The van der Waals surface area contributed by atoms with Crippen molar-refractivity contribution in [3.05, 3.63) is 62.8 Å². The van der Waals surface area contributed by atoms with Crippen LogP contribution in [-0.2, 0) is 16.1 Å². The van der Waals surface area contributed by atoms with Crippen LogP contribution in [0.3, 0.4) is 0 Å². The summed E-state index contributed by atoms with van der Waals surface area (Å²) < 4.78 is 14.0. The van der Waals surface area contributed by atoms with Crippen molar-refractivity contribution in [2.75, 3.05) is 18.0 Å². The van der Waals surface area contributed by atoms with Crippen LogP contribution in [0.4, 0.5) is 10.1 Å². The fraction of sp³-hybridized carbons (Fsp3) is 0.222. The lowest BCUT2D eigenvalue weighted by Gasteiger charge is -2.34. The van der Waals surface area contributed by atoms with Gasteiger partial charge in [0.05, 0.1) is 0 Å². The number of hydrogen-bond acceptors (Lipinski definition) is 2. The molecule has 1 aliphatic heterocycles. The number of amides is 2. The highest BCUT2D eigenvalue weighted by atomic mass is 79.9. The lowest BCUT2D eigenvalue weighted by Crippen LogP contribution is -2.54. The van der Waals surface area contributed by atoms with E-state index in [9.17, 15) is 14.0 Å². The molecular weight excluding hydrogens is 411 g/mol. The fourth-order valence-corrected chi connectivity index (χ4v) is 3.38. The Morgan fingerprint density at radius 2 is 1.92 bits per heavy atom. The minimum Gasteiger partial charge on any atom is -0.328 e. The maximum absolute atomic E-state index is 13.1. The third-order valence-corrected chi connectivity index (χ3v) is 5.43. The van der Waals surface area contributed by atoms with Gasteiger partial charge in [0.1, 0.15) is 5.82 Å². The number of rotatable bonds is 3. The molecule has 2 aromatic rings. The predicted octanol–water partition coefficient (Wildman–Crippen LogP) is 3.93. The first-order valence-corrected chi connectivity index (χ1v) is 8.85. The van der Waals surface area contributed by atoms with Crippen molar-refractivity contribution in [1.82, 2.24) is 4.90 Å². The van der Waals surface area contributed by atoms with Gasteiger partial charge in [-0.2, -0.15) is 0 Å². The molecule has 0 aliphatic carbocycles. The number of halogens is 3. The van der Waals surface area contributed by atoms with Crippen LogP contribution >= 0.6 is 27.5 Å². The van der Waals surface area contributed by atoms with Gasteiger partial charge in [0, 0.05) is 34.8 Å². The number of carbonyl (C=O) groups excluding carboxylic acids is 2. The number of benzene rings is 2. The maximum atomic E-state index is 13.1. The molecule has 0 spiro atoms.